The zero-order valence-corrected chi connectivity index (χ0v) is 12.2. The van der Waals surface area contributed by atoms with Gasteiger partial charge in [-0.25, -0.2) is 4.79 Å². The first-order chi connectivity index (χ1) is 8.06. The molecule has 7 heteroatoms. The number of fused-ring (bicyclic) bond motifs is 1. The first kappa shape index (κ1) is 12.6. The van der Waals surface area contributed by atoms with Gasteiger partial charge in [0, 0.05) is 6.54 Å². The van der Waals surface area contributed by atoms with E-state index >= 15 is 0 Å². The Balaban J connectivity index is 2.44. The highest BCUT2D eigenvalue weighted by molar-refractivity contribution is 9.13. The van der Waals surface area contributed by atoms with Gasteiger partial charge in [0.05, 0.1) is 11.1 Å². The standard InChI is InChI=1S/C10H10Br2N2O3/c1-2-17-10(16)7-4-13-9(15)6-3-5(11)8(12)14(6)7/h3,7H,2,4H2,1H3,(H,13,15)/t7-/m1/s1. The lowest BCUT2D eigenvalue weighted by molar-refractivity contribution is -0.147. The van der Waals surface area contributed by atoms with Crippen molar-refractivity contribution in [3.8, 4) is 0 Å². The van der Waals surface area contributed by atoms with Crippen molar-refractivity contribution in [3.63, 3.8) is 0 Å². The van der Waals surface area contributed by atoms with Crippen LogP contribution in [0.5, 0.6) is 0 Å². The van der Waals surface area contributed by atoms with Crippen LogP contribution in [0.2, 0.25) is 0 Å². The Labute approximate surface area is 115 Å². The summed E-state index contributed by atoms with van der Waals surface area (Å²) in [5.41, 5.74) is 0.438. The monoisotopic (exact) mass is 364 g/mol. The minimum absolute atomic E-state index is 0.197. The second kappa shape index (κ2) is 4.81. The fourth-order valence-electron chi connectivity index (χ4n) is 1.75. The second-order valence-electron chi connectivity index (χ2n) is 3.52. The Bertz CT molecular complexity index is 484. The molecule has 1 N–H and O–H groups in total. The van der Waals surface area contributed by atoms with Gasteiger partial charge in [-0.05, 0) is 44.8 Å². The maximum absolute atomic E-state index is 11.8. The van der Waals surface area contributed by atoms with Crippen LogP contribution >= 0.6 is 31.9 Å². The third kappa shape index (κ3) is 2.13. The summed E-state index contributed by atoms with van der Waals surface area (Å²) in [6.07, 6.45) is 0. The van der Waals surface area contributed by atoms with E-state index in [-0.39, 0.29) is 18.4 Å². The predicted octanol–water partition coefficient (Wildman–Crippen LogP) is 1.86. The number of nitrogens with zero attached hydrogens (tertiary/aromatic N) is 1. The number of hydrogen-bond acceptors (Lipinski definition) is 3. The van der Waals surface area contributed by atoms with E-state index in [1.807, 2.05) is 0 Å². The lowest BCUT2D eigenvalue weighted by Gasteiger charge is -2.25. The van der Waals surface area contributed by atoms with E-state index in [1.54, 1.807) is 17.6 Å². The number of esters is 1. The van der Waals surface area contributed by atoms with E-state index in [0.717, 1.165) is 4.47 Å². The molecule has 1 aromatic heterocycles. The van der Waals surface area contributed by atoms with Crippen molar-refractivity contribution in [2.75, 3.05) is 13.2 Å². The average molecular weight is 366 g/mol. The molecule has 0 bridgehead atoms. The van der Waals surface area contributed by atoms with Gasteiger partial charge in [0.2, 0.25) is 0 Å². The number of hydrogen-bond donors (Lipinski definition) is 1. The van der Waals surface area contributed by atoms with Crippen LogP contribution in [-0.4, -0.2) is 29.6 Å². The molecule has 1 aromatic rings. The van der Waals surface area contributed by atoms with Crippen molar-refractivity contribution in [1.82, 2.24) is 9.88 Å². The molecule has 0 spiro atoms. The molecule has 5 nitrogen and oxygen atoms in total. The smallest absolute Gasteiger partial charge is 0.330 e. The van der Waals surface area contributed by atoms with Crippen molar-refractivity contribution in [3.05, 3.63) is 20.8 Å². The summed E-state index contributed by atoms with van der Waals surface area (Å²) < 4.78 is 8.03. The highest BCUT2D eigenvalue weighted by Crippen LogP contribution is 2.32. The van der Waals surface area contributed by atoms with Crippen molar-refractivity contribution >= 4 is 43.7 Å². The van der Waals surface area contributed by atoms with Crippen molar-refractivity contribution in [1.29, 1.82) is 0 Å². The van der Waals surface area contributed by atoms with E-state index in [0.29, 0.717) is 16.9 Å². The highest BCUT2D eigenvalue weighted by atomic mass is 79.9. The summed E-state index contributed by atoms with van der Waals surface area (Å²) in [7, 11) is 0. The Hall–Kier alpha value is -0.820. The number of halogens is 2. The molecule has 1 aliphatic rings. The molecule has 0 saturated carbocycles. The first-order valence-electron chi connectivity index (χ1n) is 5.07. The van der Waals surface area contributed by atoms with Gasteiger partial charge in [0.25, 0.3) is 5.91 Å². The normalized spacial score (nSPS) is 18.5. The minimum Gasteiger partial charge on any atom is -0.464 e. The molecule has 2 heterocycles. The molecule has 0 aliphatic carbocycles. The van der Waals surface area contributed by atoms with Crippen molar-refractivity contribution in [2.24, 2.45) is 0 Å². The fourth-order valence-corrected chi connectivity index (χ4v) is 2.71. The van der Waals surface area contributed by atoms with Gasteiger partial charge in [0.15, 0.2) is 0 Å². The number of aromatic nitrogens is 1. The second-order valence-corrected chi connectivity index (χ2v) is 5.12. The van der Waals surface area contributed by atoms with Crippen LogP contribution in [0.1, 0.15) is 23.5 Å². The molecule has 1 atom stereocenters. The van der Waals surface area contributed by atoms with Crippen LogP contribution in [0, 0.1) is 0 Å². The molecule has 92 valence electrons. The summed E-state index contributed by atoms with van der Waals surface area (Å²) >= 11 is 6.67. The summed E-state index contributed by atoms with van der Waals surface area (Å²) in [5.74, 6) is -0.547. The van der Waals surface area contributed by atoms with E-state index in [2.05, 4.69) is 37.2 Å². The SMILES string of the molecule is CCOC(=O)[C@H]1CNC(=O)c2cc(Br)c(Br)n21. The summed E-state index contributed by atoms with van der Waals surface area (Å²) in [6, 6.07) is 1.15. The minimum atomic E-state index is -0.525. The Morgan fingerprint density at radius 2 is 2.35 bits per heavy atom. The maximum atomic E-state index is 11.8. The number of carbonyl (C=O) groups is 2. The fraction of sp³-hybridized carbons (Fsp3) is 0.400. The third-order valence-corrected chi connectivity index (χ3v) is 4.44. The van der Waals surface area contributed by atoms with E-state index in [9.17, 15) is 9.59 Å². The van der Waals surface area contributed by atoms with Crippen molar-refractivity contribution < 1.29 is 14.3 Å². The molecule has 0 unspecified atom stereocenters. The van der Waals surface area contributed by atoms with Gasteiger partial charge in [-0.1, -0.05) is 0 Å². The van der Waals surface area contributed by atoms with Gasteiger partial charge in [-0.15, -0.1) is 0 Å². The molecule has 0 saturated heterocycles. The first-order valence-corrected chi connectivity index (χ1v) is 6.66. The molecule has 0 radical (unpaired) electrons. The quantitative estimate of drug-likeness (QED) is 0.814. The number of amides is 1. The molecule has 2 rings (SSSR count). The van der Waals surface area contributed by atoms with Crippen LogP contribution in [0.3, 0.4) is 0 Å². The van der Waals surface area contributed by atoms with Crippen LogP contribution in [0.4, 0.5) is 0 Å². The summed E-state index contributed by atoms with van der Waals surface area (Å²) in [5, 5.41) is 2.67. The van der Waals surface area contributed by atoms with Crippen LogP contribution in [0.25, 0.3) is 0 Å². The van der Waals surface area contributed by atoms with E-state index in [4.69, 9.17) is 4.74 Å². The summed E-state index contributed by atoms with van der Waals surface area (Å²) in [4.78, 5) is 23.4. The molecule has 1 aliphatic heterocycles. The maximum Gasteiger partial charge on any atom is 0.330 e. The molecule has 0 fully saturated rings. The Morgan fingerprint density at radius 3 is 3.00 bits per heavy atom. The van der Waals surface area contributed by atoms with Crippen LogP contribution in [0.15, 0.2) is 15.1 Å². The number of ether oxygens (including phenoxy) is 1. The zero-order chi connectivity index (χ0) is 12.6. The molecule has 17 heavy (non-hydrogen) atoms. The Kier molecular flexibility index (Phi) is 3.58. The predicted molar refractivity (Wildman–Crippen MR) is 67.8 cm³/mol. The lowest BCUT2D eigenvalue weighted by Crippen LogP contribution is -2.42. The number of carbonyl (C=O) groups excluding carboxylic acids is 2. The largest absolute Gasteiger partial charge is 0.464 e. The van der Waals surface area contributed by atoms with Crippen molar-refractivity contribution in [2.45, 2.75) is 13.0 Å². The van der Waals surface area contributed by atoms with Gasteiger partial charge in [-0.2, -0.15) is 0 Å². The van der Waals surface area contributed by atoms with Gasteiger partial charge >= 0.3 is 5.97 Å². The van der Waals surface area contributed by atoms with Gasteiger partial charge in [-0.3, -0.25) is 4.79 Å². The number of rotatable bonds is 2. The average Bonchev–Trinajstić information content (AvgIpc) is 2.58. The lowest BCUT2D eigenvalue weighted by atomic mass is 10.2. The van der Waals surface area contributed by atoms with Gasteiger partial charge in [0.1, 0.15) is 16.3 Å². The highest BCUT2D eigenvalue weighted by Gasteiger charge is 2.33. The van der Waals surface area contributed by atoms with E-state index in [1.165, 1.54) is 0 Å². The summed E-state index contributed by atoms with van der Waals surface area (Å²) in [6.45, 7) is 2.31. The molecular formula is C10H10Br2N2O3. The Morgan fingerprint density at radius 1 is 1.65 bits per heavy atom. The van der Waals surface area contributed by atoms with Gasteiger partial charge < -0.3 is 14.6 Å². The van der Waals surface area contributed by atoms with Crippen LogP contribution in [-0.2, 0) is 9.53 Å². The number of nitrogens with one attached hydrogen (secondary N) is 1. The third-order valence-electron chi connectivity index (χ3n) is 2.49. The van der Waals surface area contributed by atoms with Crippen LogP contribution < -0.4 is 5.32 Å². The zero-order valence-electron chi connectivity index (χ0n) is 9.00. The molecule has 1 amide bonds. The topological polar surface area (TPSA) is 60.3 Å². The molecular weight excluding hydrogens is 356 g/mol. The van der Waals surface area contributed by atoms with E-state index < -0.39 is 6.04 Å². The molecule has 0 aromatic carbocycles.